The van der Waals surface area contributed by atoms with Crippen LogP contribution in [0.2, 0.25) is 0 Å². The van der Waals surface area contributed by atoms with Gasteiger partial charge in [0.2, 0.25) is 0 Å². The molecule has 0 aliphatic rings. The van der Waals surface area contributed by atoms with Crippen LogP contribution in [0.25, 0.3) is 0 Å². The van der Waals surface area contributed by atoms with Crippen LogP contribution in [-0.4, -0.2) is 37.2 Å². The molecular formula is C64H118O6. The topological polar surface area (TPSA) is 78.9 Å². The lowest BCUT2D eigenvalue weighted by molar-refractivity contribution is -0.167. The van der Waals surface area contributed by atoms with E-state index in [4.69, 9.17) is 14.2 Å². The quantitative estimate of drug-likeness (QED) is 0.0261. The summed E-state index contributed by atoms with van der Waals surface area (Å²) in [5.74, 6) is -0.872. The van der Waals surface area contributed by atoms with Crippen molar-refractivity contribution in [1.29, 1.82) is 0 Å². The molecule has 1 atom stereocenters. The number of carbonyl (C=O) groups is 3. The molecular weight excluding hydrogens is 865 g/mol. The number of allylic oxidation sites excluding steroid dienone is 6. The molecule has 6 heteroatoms. The van der Waals surface area contributed by atoms with Crippen molar-refractivity contribution in [3.05, 3.63) is 36.5 Å². The molecule has 0 N–H and O–H groups in total. The molecule has 0 amide bonds. The van der Waals surface area contributed by atoms with Crippen LogP contribution in [0, 0.1) is 0 Å². The van der Waals surface area contributed by atoms with Crippen LogP contribution in [0.5, 0.6) is 0 Å². The second-order valence-corrected chi connectivity index (χ2v) is 21.0. The predicted octanol–water partition coefficient (Wildman–Crippen LogP) is 20.8. The molecule has 0 bridgehead atoms. The lowest BCUT2D eigenvalue weighted by atomic mass is 10.0. The number of esters is 3. The lowest BCUT2D eigenvalue weighted by Gasteiger charge is -2.18. The van der Waals surface area contributed by atoms with Gasteiger partial charge in [-0.2, -0.15) is 0 Å². The molecule has 0 aliphatic heterocycles. The molecule has 0 aromatic rings. The van der Waals surface area contributed by atoms with Crippen molar-refractivity contribution in [2.24, 2.45) is 0 Å². The van der Waals surface area contributed by atoms with Crippen LogP contribution in [0.4, 0.5) is 0 Å². The van der Waals surface area contributed by atoms with Crippen molar-refractivity contribution >= 4 is 17.9 Å². The van der Waals surface area contributed by atoms with E-state index < -0.39 is 6.10 Å². The fourth-order valence-electron chi connectivity index (χ4n) is 9.12. The van der Waals surface area contributed by atoms with Crippen LogP contribution in [0.15, 0.2) is 36.5 Å². The third-order valence-corrected chi connectivity index (χ3v) is 13.8. The normalized spacial score (nSPS) is 12.2. The first-order valence-electron chi connectivity index (χ1n) is 31.0. The van der Waals surface area contributed by atoms with Crippen molar-refractivity contribution in [3.8, 4) is 0 Å². The summed E-state index contributed by atoms with van der Waals surface area (Å²) in [6.07, 6.45) is 71.5. The summed E-state index contributed by atoms with van der Waals surface area (Å²) in [5, 5.41) is 0. The highest BCUT2D eigenvalue weighted by Crippen LogP contribution is 2.17. The Kier molecular flexibility index (Phi) is 57.2. The molecule has 0 saturated carbocycles. The third kappa shape index (κ3) is 56.5. The summed E-state index contributed by atoms with van der Waals surface area (Å²) >= 11 is 0. The van der Waals surface area contributed by atoms with E-state index in [2.05, 4.69) is 57.2 Å². The summed E-state index contributed by atoms with van der Waals surface area (Å²) in [6.45, 7) is 6.63. The molecule has 0 spiro atoms. The molecule has 1 unspecified atom stereocenters. The van der Waals surface area contributed by atoms with Crippen LogP contribution >= 0.6 is 0 Å². The van der Waals surface area contributed by atoms with Crippen LogP contribution in [-0.2, 0) is 28.6 Å². The Balaban J connectivity index is 4.25. The zero-order chi connectivity index (χ0) is 50.7. The van der Waals surface area contributed by atoms with Gasteiger partial charge in [0, 0.05) is 19.3 Å². The Bertz CT molecular complexity index is 1170. The summed E-state index contributed by atoms with van der Waals surface area (Å²) in [7, 11) is 0. The van der Waals surface area contributed by atoms with Crippen molar-refractivity contribution < 1.29 is 28.6 Å². The van der Waals surface area contributed by atoms with Gasteiger partial charge in [0.15, 0.2) is 6.10 Å². The maximum absolute atomic E-state index is 12.9. The highest BCUT2D eigenvalue weighted by atomic mass is 16.6. The average Bonchev–Trinajstić information content (AvgIpc) is 3.36. The van der Waals surface area contributed by atoms with Gasteiger partial charge < -0.3 is 14.2 Å². The van der Waals surface area contributed by atoms with E-state index in [1.165, 1.54) is 231 Å². The molecule has 0 fully saturated rings. The minimum atomic E-state index is -0.776. The largest absolute Gasteiger partial charge is 0.462 e. The maximum Gasteiger partial charge on any atom is 0.306 e. The fourth-order valence-corrected chi connectivity index (χ4v) is 9.12. The van der Waals surface area contributed by atoms with Gasteiger partial charge in [-0.3, -0.25) is 14.4 Å². The van der Waals surface area contributed by atoms with E-state index >= 15 is 0 Å². The molecule has 410 valence electrons. The van der Waals surface area contributed by atoms with E-state index in [9.17, 15) is 14.4 Å². The van der Waals surface area contributed by atoms with E-state index in [1.807, 2.05) is 0 Å². The van der Waals surface area contributed by atoms with Gasteiger partial charge in [0.05, 0.1) is 0 Å². The molecule has 0 rings (SSSR count). The zero-order valence-corrected chi connectivity index (χ0v) is 47.1. The van der Waals surface area contributed by atoms with Crippen LogP contribution < -0.4 is 0 Å². The number of rotatable bonds is 57. The minimum absolute atomic E-state index is 0.0743. The third-order valence-electron chi connectivity index (χ3n) is 13.8. The van der Waals surface area contributed by atoms with Gasteiger partial charge in [-0.05, 0) is 89.9 Å². The number of hydrogen-bond donors (Lipinski definition) is 0. The monoisotopic (exact) mass is 983 g/mol. The number of hydrogen-bond acceptors (Lipinski definition) is 6. The molecule has 70 heavy (non-hydrogen) atoms. The fraction of sp³-hybridized carbons (Fsp3) is 0.859. The van der Waals surface area contributed by atoms with E-state index in [1.54, 1.807) is 0 Å². The Hall–Kier alpha value is -2.37. The standard InChI is InChI=1S/C64H118O6/c1-4-7-10-13-16-19-22-24-26-28-30-31-32-33-34-36-37-39-42-45-48-51-54-57-63(66)69-60-61(59-68-62(65)56-53-50-47-44-41-21-18-15-12-9-6-3)70-64(67)58-55-52-49-46-43-40-38-35-29-27-25-23-20-17-14-11-8-5-2/h15,18,27-30,61H,4-14,16-17,19-26,31-60H2,1-3H3/b18-15-,29-27-,30-28-. The Morgan fingerprint density at radius 3 is 0.757 bits per heavy atom. The van der Waals surface area contributed by atoms with Gasteiger partial charge in [-0.15, -0.1) is 0 Å². The molecule has 0 aromatic carbocycles. The summed E-state index contributed by atoms with van der Waals surface area (Å²) < 4.78 is 16.9. The first kappa shape index (κ1) is 67.6. The number of ether oxygens (including phenoxy) is 3. The smallest absolute Gasteiger partial charge is 0.306 e. The van der Waals surface area contributed by atoms with Crippen LogP contribution in [0.1, 0.15) is 335 Å². The maximum atomic E-state index is 12.9. The van der Waals surface area contributed by atoms with E-state index in [-0.39, 0.29) is 31.1 Å². The highest BCUT2D eigenvalue weighted by molar-refractivity contribution is 5.71. The van der Waals surface area contributed by atoms with Gasteiger partial charge in [0.25, 0.3) is 0 Å². The summed E-state index contributed by atoms with van der Waals surface area (Å²) in [5.41, 5.74) is 0. The van der Waals surface area contributed by atoms with Gasteiger partial charge in [-0.1, -0.05) is 263 Å². The first-order chi connectivity index (χ1) is 34.5. The van der Waals surface area contributed by atoms with Crippen molar-refractivity contribution in [1.82, 2.24) is 0 Å². The average molecular weight is 984 g/mol. The van der Waals surface area contributed by atoms with Crippen molar-refractivity contribution in [2.45, 2.75) is 341 Å². The molecule has 0 radical (unpaired) electrons. The SMILES string of the molecule is CCCC/C=C\CCCCCCCC(=O)OCC(COC(=O)CCCCCCCCCCCCC/C=C\CCCCCCCCCC)OC(=O)CCCCCCCCC/C=C\CCCCCCCCC. The minimum Gasteiger partial charge on any atom is -0.462 e. The molecule has 0 heterocycles. The Labute approximate surface area is 435 Å². The summed E-state index contributed by atoms with van der Waals surface area (Å²) in [6, 6.07) is 0. The van der Waals surface area contributed by atoms with Gasteiger partial charge >= 0.3 is 17.9 Å². The molecule has 6 nitrogen and oxygen atoms in total. The highest BCUT2D eigenvalue weighted by Gasteiger charge is 2.19. The van der Waals surface area contributed by atoms with Crippen molar-refractivity contribution in [2.75, 3.05) is 13.2 Å². The van der Waals surface area contributed by atoms with Crippen molar-refractivity contribution in [3.63, 3.8) is 0 Å². The number of unbranched alkanes of at least 4 members (excludes halogenated alkanes) is 40. The second-order valence-electron chi connectivity index (χ2n) is 21.0. The molecule has 0 aromatic heterocycles. The van der Waals surface area contributed by atoms with Gasteiger partial charge in [-0.25, -0.2) is 0 Å². The zero-order valence-electron chi connectivity index (χ0n) is 47.1. The lowest BCUT2D eigenvalue weighted by Crippen LogP contribution is -2.30. The van der Waals surface area contributed by atoms with Crippen LogP contribution in [0.3, 0.4) is 0 Å². The predicted molar refractivity (Wildman–Crippen MR) is 302 cm³/mol. The van der Waals surface area contributed by atoms with E-state index in [0.717, 1.165) is 64.2 Å². The summed E-state index contributed by atoms with van der Waals surface area (Å²) in [4.78, 5) is 38.2. The Morgan fingerprint density at radius 1 is 0.271 bits per heavy atom. The van der Waals surface area contributed by atoms with E-state index in [0.29, 0.717) is 19.3 Å². The Morgan fingerprint density at radius 2 is 0.486 bits per heavy atom. The molecule has 0 saturated heterocycles. The first-order valence-corrected chi connectivity index (χ1v) is 31.0. The molecule has 0 aliphatic carbocycles. The number of carbonyl (C=O) groups excluding carboxylic acids is 3. The van der Waals surface area contributed by atoms with Gasteiger partial charge in [0.1, 0.15) is 13.2 Å². The second kappa shape index (κ2) is 59.2.